The summed E-state index contributed by atoms with van der Waals surface area (Å²) in [5.74, 6) is 0.197. The molecule has 7 heteroatoms. The largest absolute Gasteiger partial charge is 0.453 e. The average Bonchev–Trinajstić information content (AvgIpc) is 3.31. The number of fused-ring (bicyclic) bond motifs is 1. The van der Waals surface area contributed by atoms with Crippen molar-refractivity contribution in [2.75, 3.05) is 18.5 Å². The molecule has 0 radical (unpaired) electrons. The molecule has 0 bridgehead atoms. The first-order valence-electron chi connectivity index (χ1n) is 9.75. The number of aromatic nitrogens is 1. The highest BCUT2D eigenvalue weighted by Crippen LogP contribution is 2.33. The fourth-order valence-electron chi connectivity index (χ4n) is 3.19. The summed E-state index contributed by atoms with van der Waals surface area (Å²) in [5.41, 5.74) is 2.80. The van der Waals surface area contributed by atoms with Crippen molar-refractivity contribution in [3.05, 3.63) is 70.7 Å². The lowest BCUT2D eigenvalue weighted by atomic mass is 10.1. The number of hydrogen-bond donors (Lipinski definition) is 1. The fourth-order valence-corrected chi connectivity index (χ4v) is 4.23. The molecule has 0 spiro atoms. The summed E-state index contributed by atoms with van der Waals surface area (Å²) in [4.78, 5) is 25.6. The van der Waals surface area contributed by atoms with Crippen molar-refractivity contribution in [3.63, 3.8) is 0 Å². The number of carbonyl (C=O) groups is 1. The average molecular weight is 423 g/mol. The number of hydrogen-bond acceptors (Lipinski definition) is 6. The van der Waals surface area contributed by atoms with Gasteiger partial charge in [0.2, 0.25) is 0 Å². The van der Waals surface area contributed by atoms with Gasteiger partial charge in [-0.15, -0.1) is 0 Å². The van der Waals surface area contributed by atoms with E-state index in [0.29, 0.717) is 36.8 Å². The molecule has 2 aromatic heterocycles. The number of Topliss-reactive ketones (excluding diaryl/α,β-unsaturated/α-hetero) is 1. The van der Waals surface area contributed by atoms with E-state index in [1.165, 1.54) is 18.5 Å². The third kappa shape index (κ3) is 4.08. The number of ketones is 1. The highest BCUT2D eigenvalue weighted by atomic mass is 32.1. The van der Waals surface area contributed by atoms with E-state index in [2.05, 4.69) is 5.32 Å². The summed E-state index contributed by atoms with van der Waals surface area (Å²) < 4.78 is 12.7. The lowest BCUT2D eigenvalue weighted by Gasteiger charge is -2.06. The maximum atomic E-state index is 13.1. The van der Waals surface area contributed by atoms with E-state index in [0.717, 1.165) is 21.5 Å². The Bertz CT molecular complexity index is 1240. The number of nitrogens with zero attached hydrogens (tertiary/aromatic N) is 1. The maximum Gasteiger partial charge on any atom is 0.285 e. The van der Waals surface area contributed by atoms with Crippen LogP contribution in [0.2, 0.25) is 0 Å². The van der Waals surface area contributed by atoms with Gasteiger partial charge in [-0.1, -0.05) is 41.9 Å². The van der Waals surface area contributed by atoms with Crippen LogP contribution in [0.15, 0.2) is 63.8 Å². The van der Waals surface area contributed by atoms with Gasteiger partial charge in [-0.25, -0.2) is 0 Å². The van der Waals surface area contributed by atoms with E-state index in [1.54, 1.807) is 16.1 Å². The van der Waals surface area contributed by atoms with Gasteiger partial charge in [0.15, 0.2) is 11.5 Å². The second-order valence-corrected chi connectivity index (χ2v) is 7.84. The number of carbonyl (C=O) groups excluding carboxylic acids is 1. The first-order valence-corrected chi connectivity index (χ1v) is 10.5. The zero-order valence-electron chi connectivity index (χ0n) is 16.8. The molecule has 30 heavy (non-hydrogen) atoms. The Labute approximate surface area is 177 Å². The van der Waals surface area contributed by atoms with Gasteiger partial charge < -0.3 is 14.5 Å². The van der Waals surface area contributed by atoms with Crippen molar-refractivity contribution in [1.29, 1.82) is 0 Å². The van der Waals surface area contributed by atoms with Crippen LogP contribution in [0.3, 0.4) is 0 Å². The van der Waals surface area contributed by atoms with Crippen LogP contribution < -0.4 is 10.9 Å². The Balaban J connectivity index is 1.72. The van der Waals surface area contributed by atoms with Crippen LogP contribution in [0.25, 0.3) is 21.4 Å². The topological polar surface area (TPSA) is 73.5 Å². The summed E-state index contributed by atoms with van der Waals surface area (Å²) in [6, 6.07) is 17.1. The van der Waals surface area contributed by atoms with Gasteiger partial charge >= 0.3 is 0 Å². The van der Waals surface area contributed by atoms with Crippen molar-refractivity contribution in [3.8, 4) is 10.4 Å². The Morgan fingerprint density at radius 3 is 2.70 bits per heavy atom. The summed E-state index contributed by atoms with van der Waals surface area (Å²) in [6.07, 6.45) is 0. The Morgan fingerprint density at radius 1 is 1.17 bits per heavy atom. The van der Waals surface area contributed by atoms with Crippen molar-refractivity contribution < 1.29 is 13.9 Å². The predicted molar refractivity (Wildman–Crippen MR) is 120 cm³/mol. The standard InChI is InChI=1S/C23H22N2O4S/c1-3-28-12-11-25-23(27)21(22(30-25)16-7-5-4-6-8-16)24-18-9-10-19-17(13-18)14-20(29-19)15(2)26/h4-10,13-14,24H,3,11-12H2,1-2H3. The maximum absolute atomic E-state index is 13.1. The van der Waals surface area contributed by atoms with Crippen LogP contribution in [0.1, 0.15) is 24.4 Å². The molecule has 0 atom stereocenters. The molecule has 0 aliphatic heterocycles. The highest BCUT2D eigenvalue weighted by molar-refractivity contribution is 7.10. The summed E-state index contributed by atoms with van der Waals surface area (Å²) in [7, 11) is 0. The zero-order valence-corrected chi connectivity index (χ0v) is 17.6. The minimum atomic E-state index is -0.123. The highest BCUT2D eigenvalue weighted by Gasteiger charge is 2.17. The van der Waals surface area contributed by atoms with Crippen LogP contribution in [0.5, 0.6) is 0 Å². The number of rotatable bonds is 8. The van der Waals surface area contributed by atoms with Crippen LogP contribution in [-0.4, -0.2) is 23.0 Å². The van der Waals surface area contributed by atoms with Gasteiger partial charge in [0, 0.05) is 24.6 Å². The number of ether oxygens (including phenoxy) is 1. The molecule has 2 heterocycles. The molecule has 0 aliphatic carbocycles. The molecule has 0 aliphatic rings. The summed E-state index contributed by atoms with van der Waals surface area (Å²) in [5, 5.41) is 4.09. The van der Waals surface area contributed by atoms with E-state index >= 15 is 0 Å². The molecular formula is C23H22N2O4S. The van der Waals surface area contributed by atoms with Gasteiger partial charge in [0.1, 0.15) is 11.3 Å². The van der Waals surface area contributed by atoms with Gasteiger partial charge in [-0.05, 0) is 36.8 Å². The monoisotopic (exact) mass is 422 g/mol. The Hall–Kier alpha value is -3.16. The molecular weight excluding hydrogens is 400 g/mol. The lowest BCUT2D eigenvalue weighted by molar-refractivity contribution is 0.0989. The molecule has 2 aromatic carbocycles. The normalized spacial score (nSPS) is 11.1. The molecule has 0 saturated heterocycles. The van der Waals surface area contributed by atoms with Crippen molar-refractivity contribution >= 4 is 39.7 Å². The van der Waals surface area contributed by atoms with Crippen LogP contribution in [0.4, 0.5) is 11.4 Å². The summed E-state index contributed by atoms with van der Waals surface area (Å²) >= 11 is 1.42. The van der Waals surface area contributed by atoms with Crippen LogP contribution >= 0.6 is 11.5 Å². The van der Waals surface area contributed by atoms with Crippen molar-refractivity contribution in [1.82, 2.24) is 3.96 Å². The molecule has 0 amide bonds. The van der Waals surface area contributed by atoms with E-state index < -0.39 is 0 Å². The minimum absolute atomic E-state index is 0.0877. The smallest absolute Gasteiger partial charge is 0.285 e. The molecule has 154 valence electrons. The second-order valence-electron chi connectivity index (χ2n) is 6.81. The molecule has 1 N–H and O–H groups in total. The van der Waals surface area contributed by atoms with E-state index in [9.17, 15) is 9.59 Å². The molecule has 0 unspecified atom stereocenters. The Morgan fingerprint density at radius 2 is 1.97 bits per heavy atom. The fraction of sp³-hybridized carbons (Fsp3) is 0.217. The van der Waals surface area contributed by atoms with Gasteiger partial charge in [0.05, 0.1) is 18.0 Å². The number of anilines is 2. The van der Waals surface area contributed by atoms with Gasteiger partial charge in [0.25, 0.3) is 5.56 Å². The third-order valence-corrected chi connectivity index (χ3v) is 5.87. The SMILES string of the molecule is CCOCCn1sc(-c2ccccc2)c(Nc2ccc3oc(C(C)=O)cc3c2)c1=O. The quantitative estimate of drug-likeness (QED) is 0.308. The summed E-state index contributed by atoms with van der Waals surface area (Å²) in [6.45, 7) is 5.01. The predicted octanol–water partition coefficient (Wildman–Crippen LogP) is 5.31. The first kappa shape index (κ1) is 20.1. The third-order valence-electron chi connectivity index (χ3n) is 4.68. The number of benzene rings is 2. The van der Waals surface area contributed by atoms with E-state index in [1.807, 2.05) is 49.4 Å². The molecule has 6 nitrogen and oxygen atoms in total. The lowest BCUT2D eigenvalue weighted by Crippen LogP contribution is -2.18. The number of nitrogens with one attached hydrogen (secondary N) is 1. The van der Waals surface area contributed by atoms with Crippen molar-refractivity contribution in [2.45, 2.75) is 20.4 Å². The van der Waals surface area contributed by atoms with Crippen molar-refractivity contribution in [2.24, 2.45) is 0 Å². The molecule has 4 rings (SSSR count). The first-order chi connectivity index (χ1) is 14.6. The van der Waals surface area contributed by atoms with Crippen LogP contribution in [0, 0.1) is 0 Å². The minimum Gasteiger partial charge on any atom is -0.453 e. The van der Waals surface area contributed by atoms with E-state index in [-0.39, 0.29) is 11.3 Å². The van der Waals surface area contributed by atoms with Crippen LogP contribution in [-0.2, 0) is 11.3 Å². The molecule has 4 aromatic rings. The van der Waals surface area contributed by atoms with Gasteiger partial charge in [-0.3, -0.25) is 13.5 Å². The number of furan rings is 1. The molecule has 0 saturated carbocycles. The second kappa shape index (κ2) is 8.69. The van der Waals surface area contributed by atoms with Gasteiger partial charge in [-0.2, -0.15) is 0 Å². The Kier molecular flexibility index (Phi) is 5.83. The molecule has 0 fully saturated rings. The van der Waals surface area contributed by atoms with E-state index in [4.69, 9.17) is 9.15 Å². The zero-order chi connectivity index (χ0) is 21.1.